The summed E-state index contributed by atoms with van der Waals surface area (Å²) in [5.74, 6) is 1.77. The number of hydrogen-bond donors (Lipinski definition) is 0. The number of benzene rings is 8. The molecule has 0 aliphatic rings. The van der Waals surface area contributed by atoms with E-state index < -0.39 is 0 Å². The summed E-state index contributed by atoms with van der Waals surface area (Å²) in [5.41, 5.74) is 9.47. The van der Waals surface area contributed by atoms with Crippen LogP contribution in [0.2, 0.25) is 0 Å². The molecule has 55 heavy (non-hydrogen) atoms. The lowest BCUT2D eigenvalue weighted by atomic mass is 9.94. The second-order valence-corrected chi connectivity index (χ2v) is 14.0. The molecule has 256 valence electrons. The Hall–Kier alpha value is -7.57. The molecule has 0 saturated heterocycles. The summed E-state index contributed by atoms with van der Waals surface area (Å²) in [6.07, 6.45) is 0. The maximum atomic E-state index is 7.04. The van der Waals surface area contributed by atoms with E-state index in [9.17, 15) is 0 Å². The molecule has 0 radical (unpaired) electrons. The van der Waals surface area contributed by atoms with Gasteiger partial charge in [0.15, 0.2) is 11.6 Å². The second kappa shape index (κ2) is 11.5. The number of hydrogen-bond acceptors (Lipinski definition) is 5. The van der Waals surface area contributed by atoms with Crippen LogP contribution in [0.25, 0.3) is 116 Å². The van der Waals surface area contributed by atoms with E-state index in [1.165, 1.54) is 0 Å². The Balaban J connectivity index is 1.13. The highest BCUT2D eigenvalue weighted by atomic mass is 16.3. The first-order valence-electron chi connectivity index (χ1n) is 18.4. The standard InChI is InChI=1S/C49H28N4O2/c1-3-13-29(14-4-1)47-50-48(30-15-5-2-6-16-30)52-49(51-47)53-40-21-11-9-20-37(40)44-41(53)26-25-36-39-28-38(32-17-7-8-19-35(32)45(39)55-46(36)44)31-23-24-34-33-18-10-12-22-42(33)54-43(34)27-31/h1-28H. The van der Waals surface area contributed by atoms with Gasteiger partial charge in [-0.05, 0) is 59.0 Å². The molecule has 4 aromatic heterocycles. The smallest absolute Gasteiger partial charge is 0.238 e. The molecule has 4 heterocycles. The number of furan rings is 2. The highest BCUT2D eigenvalue weighted by molar-refractivity contribution is 6.27. The van der Waals surface area contributed by atoms with Crippen LogP contribution in [0.1, 0.15) is 0 Å². The molecule has 0 saturated carbocycles. The summed E-state index contributed by atoms with van der Waals surface area (Å²) in [5, 5.41) is 8.60. The number of fused-ring (bicyclic) bond motifs is 12. The third-order valence-corrected chi connectivity index (χ3v) is 10.9. The monoisotopic (exact) mass is 704 g/mol. The Kier molecular flexibility index (Phi) is 6.24. The van der Waals surface area contributed by atoms with E-state index in [4.69, 9.17) is 23.8 Å². The average Bonchev–Trinajstić information content (AvgIpc) is 3.93. The van der Waals surface area contributed by atoms with E-state index in [-0.39, 0.29) is 0 Å². The summed E-state index contributed by atoms with van der Waals surface area (Å²) in [6.45, 7) is 0. The van der Waals surface area contributed by atoms with Gasteiger partial charge in [-0.25, -0.2) is 4.98 Å². The molecule has 6 nitrogen and oxygen atoms in total. The van der Waals surface area contributed by atoms with Crippen LogP contribution >= 0.6 is 0 Å². The quantitative estimate of drug-likeness (QED) is 0.182. The molecule has 0 atom stereocenters. The number of rotatable bonds is 4. The Bertz CT molecular complexity index is 3430. The molecular weight excluding hydrogens is 677 g/mol. The van der Waals surface area contributed by atoms with Crippen molar-refractivity contribution in [3.05, 3.63) is 170 Å². The van der Waals surface area contributed by atoms with E-state index >= 15 is 0 Å². The van der Waals surface area contributed by atoms with Crippen molar-refractivity contribution in [1.29, 1.82) is 0 Å². The van der Waals surface area contributed by atoms with Crippen LogP contribution in [0.5, 0.6) is 0 Å². The van der Waals surface area contributed by atoms with Gasteiger partial charge in [0, 0.05) is 43.4 Å². The summed E-state index contributed by atoms with van der Waals surface area (Å²) in [4.78, 5) is 15.2. The van der Waals surface area contributed by atoms with E-state index in [1.54, 1.807) is 0 Å². The minimum absolute atomic E-state index is 0.545. The van der Waals surface area contributed by atoms with Gasteiger partial charge < -0.3 is 8.83 Å². The Morgan fingerprint density at radius 1 is 0.364 bits per heavy atom. The van der Waals surface area contributed by atoms with E-state index in [1.807, 2.05) is 72.8 Å². The van der Waals surface area contributed by atoms with Crippen molar-refractivity contribution < 1.29 is 8.83 Å². The van der Waals surface area contributed by atoms with Gasteiger partial charge in [-0.1, -0.05) is 127 Å². The zero-order valence-electron chi connectivity index (χ0n) is 29.3. The van der Waals surface area contributed by atoms with Crippen molar-refractivity contribution in [2.75, 3.05) is 0 Å². The van der Waals surface area contributed by atoms with Crippen molar-refractivity contribution in [3.63, 3.8) is 0 Å². The molecule has 8 aromatic carbocycles. The van der Waals surface area contributed by atoms with Gasteiger partial charge in [-0.15, -0.1) is 0 Å². The molecule has 12 aromatic rings. The molecule has 0 N–H and O–H groups in total. The summed E-state index contributed by atoms with van der Waals surface area (Å²) in [6, 6.07) is 58.5. The molecule has 0 fully saturated rings. The van der Waals surface area contributed by atoms with Crippen LogP contribution in [-0.2, 0) is 0 Å². The van der Waals surface area contributed by atoms with Crippen LogP contribution in [0, 0.1) is 0 Å². The van der Waals surface area contributed by atoms with Crippen molar-refractivity contribution in [1.82, 2.24) is 19.5 Å². The maximum absolute atomic E-state index is 7.04. The fraction of sp³-hybridized carbons (Fsp3) is 0. The van der Waals surface area contributed by atoms with Gasteiger partial charge in [0.1, 0.15) is 22.3 Å². The lowest BCUT2D eigenvalue weighted by molar-refractivity contribution is 0.669. The molecule has 0 amide bonds. The first-order chi connectivity index (χ1) is 27.3. The zero-order chi connectivity index (χ0) is 36.0. The molecule has 0 aliphatic heterocycles. The van der Waals surface area contributed by atoms with Gasteiger partial charge in [-0.3, -0.25) is 4.57 Å². The van der Waals surface area contributed by atoms with Crippen LogP contribution in [0.3, 0.4) is 0 Å². The summed E-state index contributed by atoms with van der Waals surface area (Å²) < 4.78 is 15.5. The average molecular weight is 705 g/mol. The third-order valence-electron chi connectivity index (χ3n) is 10.9. The number of nitrogens with zero attached hydrogens (tertiary/aromatic N) is 4. The molecule has 0 unspecified atom stereocenters. The fourth-order valence-electron chi connectivity index (χ4n) is 8.35. The van der Waals surface area contributed by atoms with Crippen LogP contribution in [-0.4, -0.2) is 19.5 Å². The largest absolute Gasteiger partial charge is 0.456 e. The highest BCUT2D eigenvalue weighted by Gasteiger charge is 2.23. The molecule has 0 spiro atoms. The molecule has 12 rings (SSSR count). The topological polar surface area (TPSA) is 69.9 Å². The van der Waals surface area contributed by atoms with Crippen molar-refractivity contribution in [2.24, 2.45) is 0 Å². The predicted octanol–water partition coefficient (Wildman–Crippen LogP) is 12.9. The number of para-hydroxylation sites is 2. The van der Waals surface area contributed by atoms with E-state index in [0.717, 1.165) is 98.7 Å². The third kappa shape index (κ3) is 4.46. The highest BCUT2D eigenvalue weighted by Crippen LogP contribution is 2.45. The SMILES string of the molecule is c1ccc(-c2nc(-c3ccccc3)nc(-n3c4ccccc4c4c5oc6c7ccccc7c(-c7ccc8c(c7)oc7ccccc78)cc6c5ccc43)n2)cc1. The van der Waals surface area contributed by atoms with E-state index in [0.29, 0.717) is 17.6 Å². The molecule has 0 bridgehead atoms. The second-order valence-electron chi connectivity index (χ2n) is 14.0. The molecular formula is C49H28N4O2. The normalized spacial score (nSPS) is 12.0. The Morgan fingerprint density at radius 2 is 0.964 bits per heavy atom. The van der Waals surface area contributed by atoms with Crippen molar-refractivity contribution in [2.45, 2.75) is 0 Å². The first kappa shape index (κ1) is 29.9. The van der Waals surface area contributed by atoms with Crippen molar-refractivity contribution in [3.8, 4) is 39.9 Å². The minimum Gasteiger partial charge on any atom is -0.456 e. The zero-order valence-corrected chi connectivity index (χ0v) is 29.3. The minimum atomic E-state index is 0.545. The predicted molar refractivity (Wildman–Crippen MR) is 223 cm³/mol. The van der Waals surface area contributed by atoms with Gasteiger partial charge in [-0.2, -0.15) is 9.97 Å². The fourth-order valence-corrected chi connectivity index (χ4v) is 8.35. The van der Waals surface area contributed by atoms with Gasteiger partial charge in [0.2, 0.25) is 5.95 Å². The molecule has 6 heteroatoms. The summed E-state index contributed by atoms with van der Waals surface area (Å²) in [7, 11) is 0. The first-order valence-corrected chi connectivity index (χ1v) is 18.4. The van der Waals surface area contributed by atoms with Crippen molar-refractivity contribution >= 4 is 76.5 Å². The number of aromatic nitrogens is 4. The summed E-state index contributed by atoms with van der Waals surface area (Å²) >= 11 is 0. The van der Waals surface area contributed by atoms with Gasteiger partial charge >= 0.3 is 0 Å². The molecule has 0 aliphatic carbocycles. The Morgan fingerprint density at radius 3 is 1.73 bits per heavy atom. The maximum Gasteiger partial charge on any atom is 0.238 e. The van der Waals surface area contributed by atoms with Gasteiger partial charge in [0.25, 0.3) is 0 Å². The van der Waals surface area contributed by atoms with E-state index in [2.05, 4.69) is 102 Å². The Labute approximate surface area is 313 Å². The lowest BCUT2D eigenvalue weighted by Gasteiger charge is -2.10. The van der Waals surface area contributed by atoms with Crippen LogP contribution in [0.4, 0.5) is 0 Å². The van der Waals surface area contributed by atoms with Crippen LogP contribution in [0.15, 0.2) is 179 Å². The lowest BCUT2D eigenvalue weighted by Crippen LogP contribution is -2.06. The van der Waals surface area contributed by atoms with Crippen LogP contribution < -0.4 is 0 Å². The van der Waals surface area contributed by atoms with Gasteiger partial charge in [0.05, 0.1) is 16.4 Å².